The van der Waals surface area contributed by atoms with Crippen molar-refractivity contribution >= 4 is 35.1 Å². The third kappa shape index (κ3) is 5.52. The molecular weight excluding hydrogens is 540 g/mol. The molecule has 214 valence electrons. The molecule has 6 rings (SSSR count). The fraction of sp³-hybridized carbons (Fsp3) is 0.545. The van der Waals surface area contributed by atoms with Crippen LogP contribution in [-0.4, -0.2) is 42.6 Å². The molecule has 40 heavy (non-hydrogen) atoms. The summed E-state index contributed by atoms with van der Waals surface area (Å²) >= 11 is 7.95. The Balaban J connectivity index is 1.39. The van der Waals surface area contributed by atoms with Gasteiger partial charge in [-0.25, -0.2) is 0 Å². The summed E-state index contributed by atoms with van der Waals surface area (Å²) in [6, 6.07) is 12.3. The standard InChI is InChI=1S/C33H41ClN2O3S/c1-2-27-8-4-3-6-25(19-37)28-12-9-24(28)18-36-20-33(15-5-7-22-16-26(34)11-13-29(22)33)21-39-31-14-10-23(17-30(31)36)32(38)35-40-27/h3,6,10-11,13-14,16-17,24-25,27-28,37H,2,4-5,7-9,12,15,18-21H2,1H3,(H,35,38)/b6-3+/t24?,25?,27?,28?,33-/m0/s1. The van der Waals surface area contributed by atoms with Gasteiger partial charge in [-0.3, -0.25) is 9.52 Å². The maximum Gasteiger partial charge on any atom is 0.261 e. The van der Waals surface area contributed by atoms with E-state index in [1.54, 1.807) is 0 Å². The maximum atomic E-state index is 13.3. The zero-order valence-corrected chi connectivity index (χ0v) is 25.0. The Kier molecular flexibility index (Phi) is 8.39. The Labute approximate surface area is 247 Å². The van der Waals surface area contributed by atoms with Gasteiger partial charge in [-0.2, -0.15) is 0 Å². The van der Waals surface area contributed by atoms with E-state index in [1.165, 1.54) is 23.1 Å². The molecule has 2 N–H and O–H groups in total. The highest BCUT2D eigenvalue weighted by atomic mass is 35.5. The van der Waals surface area contributed by atoms with Gasteiger partial charge in [-0.15, -0.1) is 0 Å². The fourth-order valence-electron chi connectivity index (χ4n) is 7.36. The number of ether oxygens (including phenoxy) is 1. The zero-order valence-electron chi connectivity index (χ0n) is 23.4. The van der Waals surface area contributed by atoms with Gasteiger partial charge in [-0.1, -0.05) is 36.7 Å². The topological polar surface area (TPSA) is 61.8 Å². The van der Waals surface area contributed by atoms with Crippen molar-refractivity contribution in [3.63, 3.8) is 0 Å². The number of nitrogens with zero attached hydrogens (tertiary/aromatic N) is 1. The van der Waals surface area contributed by atoms with Crippen LogP contribution in [0.1, 0.15) is 73.4 Å². The van der Waals surface area contributed by atoms with Crippen LogP contribution in [0, 0.1) is 17.8 Å². The number of halogens is 1. The molecule has 1 fully saturated rings. The van der Waals surface area contributed by atoms with Crippen molar-refractivity contribution in [2.45, 2.75) is 69.0 Å². The lowest BCUT2D eigenvalue weighted by Gasteiger charge is -2.46. The second-order valence-corrected chi connectivity index (χ2v) is 13.8. The number of fused-ring (bicyclic) bond motifs is 4. The van der Waals surface area contributed by atoms with Crippen molar-refractivity contribution in [2.24, 2.45) is 17.8 Å². The smallest absolute Gasteiger partial charge is 0.261 e. The Bertz CT molecular complexity index is 1270. The molecule has 2 heterocycles. The first-order chi connectivity index (χ1) is 19.5. The minimum absolute atomic E-state index is 0.0488. The van der Waals surface area contributed by atoms with E-state index in [1.807, 2.05) is 24.3 Å². The lowest BCUT2D eigenvalue weighted by molar-refractivity contribution is 0.0892. The molecule has 0 radical (unpaired) electrons. The van der Waals surface area contributed by atoms with E-state index in [2.05, 4.69) is 40.8 Å². The number of nitrogens with one attached hydrogen (secondary N) is 1. The first kappa shape index (κ1) is 28.0. The number of benzene rings is 2. The van der Waals surface area contributed by atoms with E-state index >= 15 is 0 Å². The summed E-state index contributed by atoms with van der Waals surface area (Å²) in [7, 11) is 0. The number of aryl methyl sites for hydroxylation is 1. The SMILES string of the molecule is CCC1CC/C=C/C(CO)C2CCC2CN2C[C@@]3(CCCc4cc(Cl)ccc43)COc3ccc(cc32)C(=O)NS1. The number of anilines is 1. The van der Waals surface area contributed by atoms with Crippen LogP contribution in [0.15, 0.2) is 48.6 Å². The first-order valence-electron chi connectivity index (χ1n) is 15.0. The van der Waals surface area contributed by atoms with Gasteiger partial charge >= 0.3 is 0 Å². The van der Waals surface area contributed by atoms with Crippen LogP contribution in [0.3, 0.4) is 0 Å². The van der Waals surface area contributed by atoms with E-state index < -0.39 is 0 Å². The largest absolute Gasteiger partial charge is 0.490 e. The summed E-state index contributed by atoms with van der Waals surface area (Å²) in [6.45, 7) is 4.72. The van der Waals surface area contributed by atoms with E-state index in [9.17, 15) is 9.90 Å². The molecule has 2 aromatic rings. The van der Waals surface area contributed by atoms with Crippen molar-refractivity contribution in [3.05, 3.63) is 70.3 Å². The Hall–Kier alpha value is -2.15. The minimum Gasteiger partial charge on any atom is -0.490 e. The molecule has 2 aromatic carbocycles. The van der Waals surface area contributed by atoms with Gasteiger partial charge in [0.2, 0.25) is 0 Å². The third-order valence-electron chi connectivity index (χ3n) is 9.80. The number of carbonyl (C=O) groups is 1. The van der Waals surface area contributed by atoms with Crippen LogP contribution in [0.4, 0.5) is 5.69 Å². The van der Waals surface area contributed by atoms with E-state index in [4.69, 9.17) is 16.3 Å². The number of amides is 1. The molecule has 0 aromatic heterocycles. The minimum atomic E-state index is -0.139. The number of allylic oxidation sites excluding steroid dienone is 1. The average Bonchev–Trinajstić information content (AvgIpc) is 3.10. The summed E-state index contributed by atoms with van der Waals surface area (Å²) in [4.78, 5) is 15.8. The molecule has 2 aliphatic carbocycles. The summed E-state index contributed by atoms with van der Waals surface area (Å²) < 4.78 is 9.75. The number of aliphatic hydroxyl groups excluding tert-OH is 1. The molecule has 2 bridgehead atoms. The fourth-order valence-corrected chi connectivity index (χ4v) is 8.36. The predicted molar refractivity (Wildman–Crippen MR) is 165 cm³/mol. The van der Waals surface area contributed by atoms with Crippen LogP contribution >= 0.6 is 23.5 Å². The monoisotopic (exact) mass is 580 g/mol. The summed E-state index contributed by atoms with van der Waals surface area (Å²) in [6.07, 6.45) is 13.0. The van der Waals surface area contributed by atoms with Crippen molar-refractivity contribution in [2.75, 3.05) is 31.2 Å². The van der Waals surface area contributed by atoms with Gasteiger partial charge < -0.3 is 14.7 Å². The lowest BCUT2D eigenvalue weighted by Crippen LogP contribution is -2.49. The molecule has 7 heteroatoms. The van der Waals surface area contributed by atoms with E-state index in [-0.39, 0.29) is 23.8 Å². The van der Waals surface area contributed by atoms with Crippen molar-refractivity contribution in [1.82, 2.24) is 4.72 Å². The molecule has 1 saturated carbocycles. The van der Waals surface area contributed by atoms with E-state index in [0.29, 0.717) is 29.3 Å². The number of rotatable bonds is 2. The van der Waals surface area contributed by atoms with Gasteiger partial charge in [0.25, 0.3) is 5.91 Å². The van der Waals surface area contributed by atoms with Gasteiger partial charge in [0.05, 0.1) is 12.3 Å². The molecule has 2 aliphatic heterocycles. The van der Waals surface area contributed by atoms with Gasteiger partial charge in [0.1, 0.15) is 5.75 Å². The molecule has 5 nitrogen and oxygen atoms in total. The normalized spacial score (nSPS) is 31.2. The predicted octanol–water partition coefficient (Wildman–Crippen LogP) is 6.95. The molecule has 1 amide bonds. The number of hydrogen-bond donors (Lipinski definition) is 2. The van der Waals surface area contributed by atoms with Crippen molar-refractivity contribution in [3.8, 4) is 5.75 Å². The van der Waals surface area contributed by atoms with Crippen molar-refractivity contribution in [1.29, 1.82) is 0 Å². The molecule has 0 saturated heterocycles. The number of carbonyl (C=O) groups excluding carboxylic acids is 1. The van der Waals surface area contributed by atoms with Gasteiger partial charge in [0.15, 0.2) is 0 Å². The average molecular weight is 581 g/mol. The molecule has 4 aliphatic rings. The van der Waals surface area contributed by atoms with E-state index in [0.717, 1.165) is 80.9 Å². The highest BCUT2D eigenvalue weighted by Crippen LogP contribution is 2.47. The molecule has 4 unspecified atom stereocenters. The Morgan fingerprint density at radius 1 is 1.20 bits per heavy atom. The van der Waals surface area contributed by atoms with Crippen LogP contribution < -0.4 is 14.4 Å². The van der Waals surface area contributed by atoms with Gasteiger partial charge in [0, 0.05) is 46.9 Å². The second-order valence-electron chi connectivity index (χ2n) is 12.2. The second kappa shape index (κ2) is 12.0. The van der Waals surface area contributed by atoms with Crippen LogP contribution in [-0.2, 0) is 11.8 Å². The maximum absolute atomic E-state index is 13.3. The Morgan fingerprint density at radius 2 is 2.10 bits per heavy atom. The van der Waals surface area contributed by atoms with Crippen LogP contribution in [0.2, 0.25) is 5.02 Å². The molecule has 5 atom stereocenters. The number of aliphatic hydroxyl groups is 1. The quantitative estimate of drug-likeness (QED) is 0.297. The summed E-state index contributed by atoms with van der Waals surface area (Å²) in [5, 5.41) is 11.5. The van der Waals surface area contributed by atoms with Crippen LogP contribution in [0.25, 0.3) is 0 Å². The van der Waals surface area contributed by atoms with Gasteiger partial charge in [-0.05, 0) is 117 Å². The highest BCUT2D eigenvalue weighted by molar-refractivity contribution is 7.98. The zero-order chi connectivity index (χ0) is 27.7. The summed E-state index contributed by atoms with van der Waals surface area (Å²) in [5.74, 6) is 1.96. The van der Waals surface area contributed by atoms with Crippen molar-refractivity contribution < 1.29 is 14.6 Å². The highest BCUT2D eigenvalue weighted by Gasteiger charge is 2.44. The molecular formula is C33H41ClN2O3S. The molecule has 1 spiro atoms. The lowest BCUT2D eigenvalue weighted by atomic mass is 9.66. The van der Waals surface area contributed by atoms with Crippen LogP contribution in [0.5, 0.6) is 5.75 Å². The summed E-state index contributed by atoms with van der Waals surface area (Å²) in [5.41, 5.74) is 4.23. The Morgan fingerprint density at radius 3 is 2.90 bits per heavy atom. The first-order valence-corrected chi connectivity index (χ1v) is 16.3. The third-order valence-corrected chi connectivity index (χ3v) is 11.2. The number of hydrogen-bond acceptors (Lipinski definition) is 5.